The highest BCUT2D eigenvalue weighted by atomic mass is 32.2. The number of benzene rings is 2. The van der Waals surface area contributed by atoms with E-state index in [1.807, 2.05) is 6.92 Å². The Bertz CT molecular complexity index is 944. The van der Waals surface area contributed by atoms with Crippen molar-refractivity contribution in [2.75, 3.05) is 15.2 Å². The van der Waals surface area contributed by atoms with Crippen molar-refractivity contribution in [1.82, 2.24) is 0 Å². The Morgan fingerprint density at radius 2 is 1.68 bits per heavy atom. The molecule has 2 aromatic carbocycles. The first-order chi connectivity index (χ1) is 11.7. The molecule has 6 nitrogen and oxygen atoms in total. The molecule has 0 atom stereocenters. The highest BCUT2D eigenvalue weighted by Gasteiger charge is 2.18. The van der Waals surface area contributed by atoms with Crippen LogP contribution in [0, 0.1) is 5.82 Å². The van der Waals surface area contributed by atoms with Gasteiger partial charge in [-0.2, -0.15) is 0 Å². The summed E-state index contributed by atoms with van der Waals surface area (Å²) < 4.78 is 66.8. The number of rotatable bonds is 8. The summed E-state index contributed by atoms with van der Waals surface area (Å²) in [5, 5.41) is 0. The second-order valence-electron chi connectivity index (χ2n) is 5.39. The molecule has 0 unspecified atom stereocenters. The van der Waals surface area contributed by atoms with Crippen LogP contribution in [0.3, 0.4) is 0 Å². The number of para-hydroxylation sites is 1. The Hall–Kier alpha value is -2.13. The van der Waals surface area contributed by atoms with Gasteiger partial charge in [-0.1, -0.05) is 31.5 Å². The van der Waals surface area contributed by atoms with Crippen LogP contribution in [-0.4, -0.2) is 22.6 Å². The topological polar surface area (TPSA) is 92.3 Å². The SMILES string of the molecule is CCCCS(=O)(=O)Nc1cccc(S(=O)(=O)Nc2ccccc2F)c1. The van der Waals surface area contributed by atoms with Crippen molar-refractivity contribution in [2.45, 2.75) is 24.7 Å². The first-order valence-electron chi connectivity index (χ1n) is 7.61. The van der Waals surface area contributed by atoms with Crippen LogP contribution in [0.1, 0.15) is 19.8 Å². The van der Waals surface area contributed by atoms with Crippen LogP contribution >= 0.6 is 0 Å². The van der Waals surface area contributed by atoms with Crippen molar-refractivity contribution in [3.05, 3.63) is 54.3 Å². The molecule has 2 N–H and O–H groups in total. The number of anilines is 2. The Kier molecular flexibility index (Phi) is 6.02. The minimum absolute atomic E-state index is 0.0477. The van der Waals surface area contributed by atoms with E-state index in [-0.39, 0.29) is 22.0 Å². The quantitative estimate of drug-likeness (QED) is 0.729. The normalized spacial score (nSPS) is 11.9. The van der Waals surface area contributed by atoms with E-state index in [4.69, 9.17) is 0 Å². The molecule has 0 bridgehead atoms. The summed E-state index contributed by atoms with van der Waals surface area (Å²) in [7, 11) is -7.61. The highest BCUT2D eigenvalue weighted by molar-refractivity contribution is 7.93. The smallest absolute Gasteiger partial charge is 0.262 e. The van der Waals surface area contributed by atoms with Gasteiger partial charge >= 0.3 is 0 Å². The molecule has 0 aliphatic carbocycles. The molecule has 0 aliphatic heterocycles. The molecule has 136 valence electrons. The molecule has 0 heterocycles. The van der Waals surface area contributed by atoms with Gasteiger partial charge in [0, 0.05) is 5.69 Å². The van der Waals surface area contributed by atoms with Crippen LogP contribution in [0.2, 0.25) is 0 Å². The molecule has 0 amide bonds. The third-order valence-electron chi connectivity index (χ3n) is 3.30. The minimum Gasteiger partial charge on any atom is -0.284 e. The summed E-state index contributed by atoms with van der Waals surface area (Å²) in [4.78, 5) is -0.175. The van der Waals surface area contributed by atoms with E-state index >= 15 is 0 Å². The van der Waals surface area contributed by atoms with Gasteiger partial charge in [0.2, 0.25) is 10.0 Å². The fourth-order valence-corrected chi connectivity index (χ4v) is 4.41. The van der Waals surface area contributed by atoms with Crippen LogP contribution in [0.5, 0.6) is 0 Å². The van der Waals surface area contributed by atoms with Gasteiger partial charge in [-0.15, -0.1) is 0 Å². The summed E-state index contributed by atoms with van der Waals surface area (Å²) in [5.41, 5.74) is -0.0519. The van der Waals surface area contributed by atoms with Crippen molar-refractivity contribution >= 4 is 31.4 Å². The average molecular weight is 386 g/mol. The van der Waals surface area contributed by atoms with Gasteiger partial charge in [0.1, 0.15) is 5.82 Å². The first kappa shape index (κ1) is 19.2. The van der Waals surface area contributed by atoms with Gasteiger partial charge in [-0.25, -0.2) is 21.2 Å². The average Bonchev–Trinajstić information content (AvgIpc) is 2.55. The van der Waals surface area contributed by atoms with Crippen LogP contribution < -0.4 is 9.44 Å². The van der Waals surface area contributed by atoms with Crippen molar-refractivity contribution in [2.24, 2.45) is 0 Å². The maximum atomic E-state index is 13.6. The number of unbranched alkanes of at least 4 members (excludes halogenated alkanes) is 1. The fourth-order valence-electron chi connectivity index (χ4n) is 2.04. The summed E-state index contributed by atoms with van der Waals surface area (Å²) in [6.07, 6.45) is 1.23. The maximum absolute atomic E-state index is 13.6. The van der Waals surface area contributed by atoms with Crippen LogP contribution in [0.25, 0.3) is 0 Å². The predicted octanol–water partition coefficient (Wildman–Crippen LogP) is 3.17. The number of sulfonamides is 2. The zero-order valence-corrected chi connectivity index (χ0v) is 15.2. The van der Waals surface area contributed by atoms with E-state index in [0.29, 0.717) is 6.42 Å². The van der Waals surface area contributed by atoms with Gasteiger partial charge in [-0.05, 0) is 36.8 Å². The summed E-state index contributed by atoms with van der Waals surface area (Å²) in [6, 6.07) is 10.7. The van der Waals surface area contributed by atoms with E-state index in [1.54, 1.807) is 0 Å². The first-order valence-corrected chi connectivity index (χ1v) is 10.7. The Balaban J connectivity index is 2.24. The molecule has 25 heavy (non-hydrogen) atoms. The van der Waals surface area contributed by atoms with Gasteiger partial charge < -0.3 is 0 Å². The molecule has 0 aromatic heterocycles. The molecular weight excluding hydrogens is 367 g/mol. The third-order valence-corrected chi connectivity index (χ3v) is 6.04. The van der Waals surface area contributed by atoms with Crippen LogP contribution in [0.15, 0.2) is 53.4 Å². The molecule has 2 aromatic rings. The molecule has 0 fully saturated rings. The van der Waals surface area contributed by atoms with E-state index in [9.17, 15) is 21.2 Å². The lowest BCUT2D eigenvalue weighted by molar-refractivity contribution is 0.596. The number of nitrogens with one attached hydrogen (secondary N) is 2. The molecule has 0 aliphatic rings. The molecule has 9 heteroatoms. The van der Waals surface area contributed by atoms with E-state index in [0.717, 1.165) is 12.5 Å². The Morgan fingerprint density at radius 3 is 2.36 bits per heavy atom. The summed E-state index contributed by atoms with van der Waals surface area (Å²) in [6.45, 7) is 1.87. The summed E-state index contributed by atoms with van der Waals surface area (Å²) in [5.74, 6) is -0.754. The van der Waals surface area contributed by atoms with Crippen molar-refractivity contribution < 1.29 is 21.2 Å². The highest BCUT2D eigenvalue weighted by Crippen LogP contribution is 2.21. The van der Waals surface area contributed by atoms with Crippen molar-refractivity contribution in [3.63, 3.8) is 0 Å². The number of halogens is 1. The monoisotopic (exact) mass is 386 g/mol. The lowest BCUT2D eigenvalue weighted by Crippen LogP contribution is -2.18. The molecule has 0 spiro atoms. The fraction of sp³-hybridized carbons (Fsp3) is 0.250. The van der Waals surface area contributed by atoms with Gasteiger partial charge in [0.15, 0.2) is 0 Å². The van der Waals surface area contributed by atoms with E-state index in [1.165, 1.54) is 42.5 Å². The zero-order chi connectivity index (χ0) is 18.5. The van der Waals surface area contributed by atoms with E-state index < -0.39 is 25.9 Å². The van der Waals surface area contributed by atoms with Crippen molar-refractivity contribution in [1.29, 1.82) is 0 Å². The van der Waals surface area contributed by atoms with E-state index in [2.05, 4.69) is 9.44 Å². The lowest BCUT2D eigenvalue weighted by Gasteiger charge is -2.11. The molecular formula is C16H19FN2O4S2. The Labute approximate surface area is 147 Å². The molecule has 0 radical (unpaired) electrons. The van der Waals surface area contributed by atoms with Gasteiger partial charge in [0.05, 0.1) is 16.3 Å². The maximum Gasteiger partial charge on any atom is 0.262 e. The third kappa shape index (κ3) is 5.43. The zero-order valence-electron chi connectivity index (χ0n) is 13.6. The standard InChI is InChI=1S/C16H19FN2O4S2/c1-2-3-11-24(20,21)18-13-7-6-8-14(12-13)25(22,23)19-16-10-5-4-9-15(16)17/h4-10,12,18-19H,2-3,11H2,1H3. The summed E-state index contributed by atoms with van der Waals surface area (Å²) >= 11 is 0. The second kappa shape index (κ2) is 7.83. The van der Waals surface area contributed by atoms with Gasteiger partial charge in [-0.3, -0.25) is 9.44 Å². The number of hydrogen-bond acceptors (Lipinski definition) is 4. The van der Waals surface area contributed by atoms with Gasteiger partial charge in [0.25, 0.3) is 10.0 Å². The van der Waals surface area contributed by atoms with Crippen LogP contribution in [0.4, 0.5) is 15.8 Å². The van der Waals surface area contributed by atoms with Crippen molar-refractivity contribution in [3.8, 4) is 0 Å². The molecule has 0 saturated carbocycles. The second-order valence-corrected chi connectivity index (χ2v) is 8.91. The van der Waals surface area contributed by atoms with Crippen LogP contribution in [-0.2, 0) is 20.0 Å². The molecule has 2 rings (SSSR count). The minimum atomic E-state index is -4.06. The Morgan fingerprint density at radius 1 is 0.960 bits per heavy atom. The largest absolute Gasteiger partial charge is 0.284 e. The predicted molar refractivity (Wildman–Crippen MR) is 96.0 cm³/mol. The lowest BCUT2D eigenvalue weighted by atomic mass is 10.3. The molecule has 0 saturated heterocycles. The number of hydrogen-bond donors (Lipinski definition) is 2.